The Morgan fingerprint density at radius 3 is 0.796 bits per heavy atom. The van der Waals surface area contributed by atoms with Crippen LogP contribution in [0.25, 0.3) is 0 Å². The molecule has 287 valence electrons. The largest absolute Gasteiger partial charge is 0.460 e. The quantitative estimate of drug-likeness (QED) is 0.196. The van der Waals surface area contributed by atoms with Crippen LogP contribution in [0.5, 0.6) is 0 Å². The minimum atomic E-state index is -8.34. The number of hydrogen-bond acceptors (Lipinski definition) is 0. The van der Waals surface area contributed by atoms with Crippen LogP contribution < -0.4 is 0 Å². The Bertz CT molecular complexity index is 1280. The maximum atomic E-state index is 15.0. The van der Waals surface area contributed by atoms with E-state index in [0.29, 0.717) is 13.8 Å². The molecule has 1 aromatic rings. The van der Waals surface area contributed by atoms with E-state index in [4.69, 9.17) is 0 Å². The average Bonchev–Trinajstić information content (AvgIpc) is 2.85. The average molecular weight is 787 g/mol. The van der Waals surface area contributed by atoms with Gasteiger partial charge >= 0.3 is 71.8 Å². The van der Waals surface area contributed by atoms with Crippen molar-refractivity contribution >= 4 is 0 Å². The lowest BCUT2D eigenvalue weighted by Crippen LogP contribution is -2.61. The highest BCUT2D eigenvalue weighted by Crippen LogP contribution is 2.63. The van der Waals surface area contributed by atoms with Gasteiger partial charge in [0.15, 0.2) is 0 Å². The minimum absolute atomic E-state index is 0.356. The van der Waals surface area contributed by atoms with Gasteiger partial charge in [0.2, 0.25) is 0 Å². The number of rotatable bonds is 11. The third kappa shape index (κ3) is 6.29. The van der Waals surface area contributed by atoms with Crippen LogP contribution in [0.3, 0.4) is 0 Å². The molecule has 49 heavy (non-hydrogen) atoms. The molecular weight excluding hydrogens is 777 g/mol. The van der Waals surface area contributed by atoms with E-state index in [-0.39, 0.29) is 0 Å². The van der Waals surface area contributed by atoms with Crippen molar-refractivity contribution in [2.24, 2.45) is 5.92 Å². The molecule has 0 saturated heterocycles. The van der Waals surface area contributed by atoms with Crippen LogP contribution in [-0.4, -0.2) is 54.1 Å². The second kappa shape index (κ2) is 11.7. The van der Waals surface area contributed by atoms with Gasteiger partial charge < -0.3 is 0 Å². The lowest BCUT2D eigenvalue weighted by Gasteiger charge is -2.39. The Labute approximate surface area is 252 Å². The van der Waals surface area contributed by atoms with Crippen LogP contribution >= 0.6 is 0 Å². The van der Waals surface area contributed by atoms with Gasteiger partial charge in [-0.2, -0.15) is 119 Å². The van der Waals surface area contributed by atoms with Gasteiger partial charge in [-0.15, -0.1) is 0 Å². The van der Waals surface area contributed by atoms with Crippen LogP contribution in [0.4, 0.5) is 119 Å². The Hall–Kier alpha value is -2.67. The fraction of sp³-hybridized carbons (Fsp3) is 0.682. The molecular formula is C22H10F27. The molecule has 1 aromatic carbocycles. The summed E-state index contributed by atoms with van der Waals surface area (Å²) in [7, 11) is 0. The smallest absolute Gasteiger partial charge is 0.194 e. The first-order valence-corrected chi connectivity index (χ1v) is 11.5. The molecule has 0 amide bonds. The van der Waals surface area contributed by atoms with Crippen LogP contribution in [-0.2, 0) is 17.8 Å². The molecule has 0 N–H and O–H groups in total. The second-order valence-corrected chi connectivity index (χ2v) is 10.1. The summed E-state index contributed by atoms with van der Waals surface area (Å²) in [4.78, 5) is 0. The summed E-state index contributed by atoms with van der Waals surface area (Å²) in [5, 5.41) is 0. The van der Waals surface area contributed by atoms with Gasteiger partial charge in [0.25, 0.3) is 0 Å². The topological polar surface area (TPSA) is 0 Å². The van der Waals surface area contributed by atoms with Crippen molar-refractivity contribution in [3.63, 3.8) is 0 Å². The molecule has 0 spiro atoms. The number of hydrogen-bond donors (Lipinski definition) is 0. The zero-order valence-electron chi connectivity index (χ0n) is 22.5. The van der Waals surface area contributed by atoms with Gasteiger partial charge in [0, 0.05) is 16.7 Å². The molecule has 0 fully saturated rings. The fourth-order valence-electron chi connectivity index (χ4n) is 3.51. The zero-order chi connectivity index (χ0) is 40.0. The molecule has 27 heteroatoms. The predicted octanol–water partition coefficient (Wildman–Crippen LogP) is 11.7. The molecule has 0 saturated carbocycles. The summed E-state index contributed by atoms with van der Waals surface area (Å²) < 4.78 is 369. The molecule has 1 rings (SSSR count). The highest BCUT2D eigenvalue weighted by atomic mass is 19.4. The zero-order valence-corrected chi connectivity index (χ0v) is 22.5. The molecule has 0 aliphatic heterocycles. The summed E-state index contributed by atoms with van der Waals surface area (Å²) in [6.07, 6.45) is -24.6. The van der Waals surface area contributed by atoms with Crippen molar-refractivity contribution in [1.82, 2.24) is 0 Å². The maximum Gasteiger partial charge on any atom is 0.460 e. The van der Waals surface area contributed by atoms with Crippen molar-refractivity contribution in [2.45, 2.75) is 85.7 Å². The number of benzene rings is 1. The monoisotopic (exact) mass is 787 g/mol. The fourth-order valence-corrected chi connectivity index (χ4v) is 3.51. The van der Waals surface area contributed by atoms with E-state index >= 15 is 0 Å². The van der Waals surface area contributed by atoms with E-state index < -0.39 is 119 Å². The van der Waals surface area contributed by atoms with Crippen LogP contribution in [0, 0.1) is 12.3 Å². The van der Waals surface area contributed by atoms with Gasteiger partial charge in [-0.1, -0.05) is 13.8 Å². The Balaban J connectivity index is 4.81. The Kier molecular flexibility index (Phi) is 10.6. The van der Waals surface area contributed by atoms with E-state index in [1.807, 2.05) is 0 Å². The first-order chi connectivity index (χ1) is 20.9. The number of alkyl halides is 27. The van der Waals surface area contributed by atoms with Crippen LogP contribution in [0.2, 0.25) is 0 Å². The van der Waals surface area contributed by atoms with Gasteiger partial charge in [-0.05, 0) is 30.0 Å². The van der Waals surface area contributed by atoms with Crippen molar-refractivity contribution in [3.8, 4) is 0 Å². The van der Waals surface area contributed by atoms with Crippen molar-refractivity contribution in [1.29, 1.82) is 0 Å². The summed E-state index contributed by atoms with van der Waals surface area (Å²) in [6, 6.07) is -4.32. The van der Waals surface area contributed by atoms with Gasteiger partial charge in [0.1, 0.15) is 0 Å². The molecule has 0 heterocycles. The summed E-state index contributed by atoms with van der Waals surface area (Å²) in [5.41, 5.74) is -16.1. The maximum absolute atomic E-state index is 15.0. The summed E-state index contributed by atoms with van der Waals surface area (Å²) in [5.74, 6) is -75.6. The molecule has 0 aromatic heterocycles. The Morgan fingerprint density at radius 1 is 0.367 bits per heavy atom. The van der Waals surface area contributed by atoms with Crippen LogP contribution in [0.15, 0.2) is 12.1 Å². The minimum Gasteiger partial charge on any atom is -0.194 e. The van der Waals surface area contributed by atoms with Crippen molar-refractivity contribution in [3.05, 3.63) is 40.8 Å². The van der Waals surface area contributed by atoms with Gasteiger partial charge in [-0.3, -0.25) is 0 Å². The first kappa shape index (κ1) is 44.4. The molecule has 0 aliphatic rings. The number of halogens is 27. The molecule has 1 radical (unpaired) electrons. The highest BCUT2D eigenvalue weighted by molar-refractivity contribution is 5.51. The Morgan fingerprint density at radius 2 is 0.592 bits per heavy atom. The summed E-state index contributed by atoms with van der Waals surface area (Å²) in [6.45, 7) is 0.713. The molecule has 0 nitrogen and oxygen atoms in total. The van der Waals surface area contributed by atoms with Crippen molar-refractivity contribution < 1.29 is 119 Å². The lowest BCUT2D eigenvalue weighted by molar-refractivity contribution is -0.401. The highest BCUT2D eigenvalue weighted by Gasteiger charge is 2.85. The van der Waals surface area contributed by atoms with E-state index in [2.05, 4.69) is 0 Å². The first-order valence-electron chi connectivity index (χ1n) is 11.5. The normalized spacial score (nSPS) is 16.1. The third-order valence-corrected chi connectivity index (χ3v) is 6.15. The van der Waals surface area contributed by atoms with E-state index in [0.717, 1.165) is 0 Å². The van der Waals surface area contributed by atoms with E-state index in [9.17, 15) is 119 Å². The molecule has 0 atom stereocenters. The van der Waals surface area contributed by atoms with E-state index in [1.165, 1.54) is 0 Å². The van der Waals surface area contributed by atoms with Crippen molar-refractivity contribution in [2.75, 3.05) is 0 Å². The van der Waals surface area contributed by atoms with E-state index in [1.54, 1.807) is 0 Å². The van der Waals surface area contributed by atoms with Gasteiger partial charge in [0.05, 0.1) is 0 Å². The third-order valence-electron chi connectivity index (χ3n) is 6.15. The van der Waals surface area contributed by atoms with Gasteiger partial charge in [-0.25, -0.2) is 0 Å². The summed E-state index contributed by atoms with van der Waals surface area (Å²) >= 11 is 0. The predicted molar refractivity (Wildman–Crippen MR) is 104 cm³/mol. The second-order valence-electron chi connectivity index (χ2n) is 10.1. The molecule has 0 unspecified atom stereocenters. The molecule has 0 bridgehead atoms. The standard InChI is InChI=1S/C22H10F27/c1-6(2)3-8-9(12(25,26)15(31,32)18(37,38)21(44,45)46)4-7(11(23,24)14(29,30)17(35,36)20(41,42)43)5-10(8)13(27,28)16(33,34)19(39,40)22(47,48)49/h3-6H,1-2H3. The SMILES string of the molecule is CC(C)[CH]c1c(C(F)(F)C(F)(F)C(F)(F)C(F)(F)F)cc(C(F)(F)C(F)(F)C(F)(F)C(F)(F)F)cc1C(F)(F)C(F)(F)C(F)(F)C(F)(F)F. The molecule has 0 aliphatic carbocycles. The lowest BCUT2D eigenvalue weighted by atomic mass is 9.80. The van der Waals surface area contributed by atoms with Crippen LogP contribution in [0.1, 0.15) is 36.1 Å².